The third-order valence-electron chi connectivity index (χ3n) is 5.54. The first-order valence-electron chi connectivity index (χ1n) is 11.2. The van der Waals surface area contributed by atoms with Gasteiger partial charge < -0.3 is 4.74 Å². The number of halogens is 1. The highest BCUT2D eigenvalue weighted by Crippen LogP contribution is 2.23. The van der Waals surface area contributed by atoms with Crippen LogP contribution >= 0.6 is 11.6 Å². The second-order valence-corrected chi connectivity index (χ2v) is 8.39. The van der Waals surface area contributed by atoms with E-state index in [-0.39, 0.29) is 11.6 Å². The van der Waals surface area contributed by atoms with Crippen molar-refractivity contribution in [3.63, 3.8) is 0 Å². The van der Waals surface area contributed by atoms with Crippen molar-refractivity contribution in [3.05, 3.63) is 126 Å². The molecule has 6 nitrogen and oxygen atoms in total. The maximum Gasteiger partial charge on any atom is 0.378 e. The first kappa shape index (κ1) is 23.2. The van der Waals surface area contributed by atoms with E-state index >= 15 is 0 Å². The van der Waals surface area contributed by atoms with Crippen LogP contribution in [0.4, 0.5) is 0 Å². The van der Waals surface area contributed by atoms with E-state index in [0.717, 1.165) is 16.7 Å². The van der Waals surface area contributed by atoms with Crippen LogP contribution in [0.3, 0.4) is 0 Å². The van der Waals surface area contributed by atoms with Gasteiger partial charge in [-0.3, -0.25) is 4.79 Å². The monoisotopic (exact) mass is 493 g/mol. The lowest BCUT2D eigenvalue weighted by atomic mass is 10.0. The standard InChI is InChI=1S/C29H20ClN3O3/c30-24-15-17-25(18-16-24)33-28(23-9-5-2-6-10-23)31-27(32-33)29(35)36-19-26(34)22-13-11-21(12-14-22)20-7-3-1-4-8-20/h1-18H,19H2. The SMILES string of the molecule is O=C(COC(=O)c1nc(-c2ccccc2)n(-c2ccc(Cl)cc2)n1)c1ccc(-c2ccccc2)cc1. The average molecular weight is 494 g/mol. The smallest absolute Gasteiger partial charge is 0.378 e. The molecule has 0 bridgehead atoms. The van der Waals surface area contributed by atoms with Crippen LogP contribution in [0, 0.1) is 0 Å². The third kappa shape index (κ3) is 5.09. The second kappa shape index (κ2) is 10.4. The van der Waals surface area contributed by atoms with Crippen molar-refractivity contribution >= 4 is 23.4 Å². The van der Waals surface area contributed by atoms with E-state index in [2.05, 4.69) is 10.1 Å². The number of aromatic nitrogens is 3. The molecule has 0 aliphatic carbocycles. The zero-order valence-electron chi connectivity index (χ0n) is 19.0. The van der Waals surface area contributed by atoms with Crippen LogP contribution in [0.5, 0.6) is 0 Å². The molecule has 0 radical (unpaired) electrons. The molecule has 0 atom stereocenters. The van der Waals surface area contributed by atoms with Gasteiger partial charge in [0.25, 0.3) is 5.82 Å². The number of carbonyl (C=O) groups is 2. The molecule has 0 fully saturated rings. The molecule has 4 aromatic carbocycles. The minimum atomic E-state index is -0.783. The van der Waals surface area contributed by atoms with E-state index < -0.39 is 12.6 Å². The van der Waals surface area contributed by atoms with Crippen LogP contribution in [0.25, 0.3) is 28.2 Å². The van der Waals surface area contributed by atoms with Gasteiger partial charge in [-0.15, -0.1) is 5.10 Å². The fraction of sp³-hybridized carbons (Fsp3) is 0.0345. The number of hydrogen-bond acceptors (Lipinski definition) is 5. The summed E-state index contributed by atoms with van der Waals surface area (Å²) in [6.07, 6.45) is 0. The van der Waals surface area contributed by atoms with Crippen molar-refractivity contribution in [1.29, 1.82) is 0 Å². The summed E-state index contributed by atoms with van der Waals surface area (Å²) >= 11 is 6.02. The Morgan fingerprint density at radius 3 is 1.94 bits per heavy atom. The predicted octanol–water partition coefficient (Wildman–Crippen LogP) is 6.29. The lowest BCUT2D eigenvalue weighted by molar-refractivity contribution is 0.0462. The lowest BCUT2D eigenvalue weighted by Crippen LogP contribution is -2.15. The van der Waals surface area contributed by atoms with Crippen LogP contribution in [0.15, 0.2) is 109 Å². The van der Waals surface area contributed by atoms with Crippen molar-refractivity contribution in [3.8, 4) is 28.2 Å². The van der Waals surface area contributed by atoms with E-state index in [1.165, 1.54) is 0 Å². The molecular formula is C29H20ClN3O3. The molecule has 0 saturated heterocycles. The van der Waals surface area contributed by atoms with Crippen LogP contribution in [0.1, 0.15) is 21.0 Å². The minimum absolute atomic E-state index is 0.143. The first-order chi connectivity index (χ1) is 17.6. The highest BCUT2D eigenvalue weighted by molar-refractivity contribution is 6.30. The van der Waals surface area contributed by atoms with Crippen LogP contribution in [-0.4, -0.2) is 33.1 Å². The number of benzene rings is 4. The summed E-state index contributed by atoms with van der Waals surface area (Å²) < 4.78 is 6.82. The van der Waals surface area contributed by atoms with E-state index in [1.807, 2.05) is 72.8 Å². The van der Waals surface area contributed by atoms with Gasteiger partial charge in [0.15, 0.2) is 18.2 Å². The molecule has 7 heteroatoms. The topological polar surface area (TPSA) is 74.1 Å². The Hall–Kier alpha value is -4.55. The van der Waals surface area contributed by atoms with Crippen molar-refractivity contribution in [2.75, 3.05) is 6.61 Å². The Bertz CT molecular complexity index is 1500. The largest absolute Gasteiger partial charge is 0.451 e. The molecule has 0 saturated carbocycles. The predicted molar refractivity (Wildman–Crippen MR) is 138 cm³/mol. The van der Waals surface area contributed by atoms with Gasteiger partial charge in [-0.1, -0.05) is 96.5 Å². The number of ether oxygens (including phenoxy) is 1. The van der Waals surface area contributed by atoms with Gasteiger partial charge in [-0.25, -0.2) is 14.5 Å². The van der Waals surface area contributed by atoms with Crippen molar-refractivity contribution in [2.24, 2.45) is 0 Å². The van der Waals surface area contributed by atoms with Crippen molar-refractivity contribution < 1.29 is 14.3 Å². The highest BCUT2D eigenvalue weighted by atomic mass is 35.5. The molecule has 1 aromatic heterocycles. The summed E-state index contributed by atoms with van der Waals surface area (Å²) in [6.45, 7) is -0.417. The van der Waals surface area contributed by atoms with Crippen LogP contribution < -0.4 is 0 Å². The maximum absolute atomic E-state index is 12.8. The Morgan fingerprint density at radius 2 is 1.31 bits per heavy atom. The maximum atomic E-state index is 12.8. The summed E-state index contributed by atoms with van der Waals surface area (Å²) in [5.41, 5.74) is 3.95. The summed E-state index contributed by atoms with van der Waals surface area (Å²) in [5.74, 6) is -0.777. The molecule has 0 N–H and O–H groups in total. The van der Waals surface area contributed by atoms with Gasteiger partial charge in [-0.2, -0.15) is 0 Å². The van der Waals surface area contributed by atoms with Gasteiger partial charge in [0.2, 0.25) is 0 Å². The van der Waals surface area contributed by atoms with E-state index in [9.17, 15) is 9.59 Å². The van der Waals surface area contributed by atoms with Crippen LogP contribution in [0.2, 0.25) is 5.02 Å². The van der Waals surface area contributed by atoms with E-state index in [0.29, 0.717) is 22.1 Å². The van der Waals surface area contributed by atoms with Crippen molar-refractivity contribution in [2.45, 2.75) is 0 Å². The average Bonchev–Trinajstić information content (AvgIpc) is 3.39. The first-order valence-corrected chi connectivity index (χ1v) is 11.6. The summed E-state index contributed by atoms with van der Waals surface area (Å²) in [4.78, 5) is 29.8. The molecular weight excluding hydrogens is 474 g/mol. The molecule has 0 spiro atoms. The van der Waals surface area contributed by atoms with Gasteiger partial charge in [0.05, 0.1) is 5.69 Å². The van der Waals surface area contributed by atoms with E-state index in [4.69, 9.17) is 16.3 Å². The number of carbonyl (C=O) groups excluding carboxylic acids is 2. The summed E-state index contributed by atoms with van der Waals surface area (Å²) in [5, 5.41) is 4.94. The Labute approximate surface area is 212 Å². The van der Waals surface area contributed by atoms with Gasteiger partial charge in [0, 0.05) is 16.1 Å². The van der Waals surface area contributed by atoms with Crippen LogP contribution in [-0.2, 0) is 4.74 Å². The number of ketones is 1. The molecule has 5 aromatic rings. The van der Waals surface area contributed by atoms with E-state index in [1.54, 1.807) is 41.1 Å². The zero-order chi connectivity index (χ0) is 24.9. The lowest BCUT2D eigenvalue weighted by Gasteiger charge is -2.05. The number of Topliss-reactive ketones (excluding diaryl/α,β-unsaturated/α-hetero) is 1. The van der Waals surface area contributed by atoms with Gasteiger partial charge in [0.1, 0.15) is 0 Å². The minimum Gasteiger partial charge on any atom is -0.451 e. The van der Waals surface area contributed by atoms with Gasteiger partial charge >= 0.3 is 5.97 Å². The number of esters is 1. The summed E-state index contributed by atoms with van der Waals surface area (Å²) in [7, 11) is 0. The summed E-state index contributed by atoms with van der Waals surface area (Å²) in [6, 6.07) is 33.4. The molecule has 176 valence electrons. The third-order valence-corrected chi connectivity index (χ3v) is 5.79. The fourth-order valence-electron chi connectivity index (χ4n) is 3.69. The van der Waals surface area contributed by atoms with Gasteiger partial charge in [-0.05, 0) is 35.4 Å². The molecule has 0 unspecified atom stereocenters. The fourth-order valence-corrected chi connectivity index (χ4v) is 3.82. The Kier molecular flexibility index (Phi) is 6.69. The molecule has 0 amide bonds. The Morgan fingerprint density at radius 1 is 0.722 bits per heavy atom. The quantitative estimate of drug-likeness (QED) is 0.196. The second-order valence-electron chi connectivity index (χ2n) is 7.96. The Balaban J connectivity index is 1.33. The molecule has 36 heavy (non-hydrogen) atoms. The molecule has 1 heterocycles. The molecule has 0 aliphatic rings. The van der Waals surface area contributed by atoms with Crippen molar-refractivity contribution in [1.82, 2.24) is 14.8 Å². The molecule has 5 rings (SSSR count). The molecule has 0 aliphatic heterocycles. The number of nitrogens with zero attached hydrogens (tertiary/aromatic N) is 3. The highest BCUT2D eigenvalue weighted by Gasteiger charge is 2.21. The zero-order valence-corrected chi connectivity index (χ0v) is 19.8. The normalized spacial score (nSPS) is 10.7. The number of rotatable bonds is 7. The number of hydrogen-bond donors (Lipinski definition) is 0.